The van der Waals surface area contributed by atoms with Gasteiger partial charge in [-0.05, 0) is 23.8 Å². The van der Waals surface area contributed by atoms with E-state index in [1.54, 1.807) is 12.3 Å². The summed E-state index contributed by atoms with van der Waals surface area (Å²) < 4.78 is 13.0. The highest BCUT2D eigenvalue weighted by Gasteiger charge is 2.06. The summed E-state index contributed by atoms with van der Waals surface area (Å²) in [7, 11) is 0. The number of halogens is 2. The fourth-order valence-electron chi connectivity index (χ4n) is 1.77. The molecule has 0 aliphatic heterocycles. The van der Waals surface area contributed by atoms with Gasteiger partial charge in [0, 0.05) is 30.2 Å². The number of nitrogens with one attached hydrogen (secondary N) is 1. The topological polar surface area (TPSA) is 37.8 Å². The summed E-state index contributed by atoms with van der Waals surface area (Å²) in [6.07, 6.45) is 2.23. The van der Waals surface area contributed by atoms with Crippen molar-refractivity contribution < 1.29 is 4.39 Å². The lowest BCUT2D eigenvalue weighted by Crippen LogP contribution is -2.22. The van der Waals surface area contributed by atoms with E-state index in [0.717, 1.165) is 11.3 Å². The maximum absolute atomic E-state index is 13.0. The van der Waals surface area contributed by atoms with Gasteiger partial charge in [-0.2, -0.15) is 0 Å². The average Bonchev–Trinajstić information content (AvgIpc) is 2.40. The summed E-state index contributed by atoms with van der Waals surface area (Å²) in [5.41, 5.74) is 1.75. The first kappa shape index (κ1) is 14.9. The number of benzene rings is 1. The zero-order valence-electron chi connectivity index (χ0n) is 11.5. The molecule has 3 nitrogen and oxygen atoms in total. The fraction of sp³-hybridized carbons (Fsp3) is 0.333. The van der Waals surface area contributed by atoms with E-state index in [2.05, 4.69) is 29.1 Å². The molecule has 0 radical (unpaired) electrons. The molecular formula is C15H17ClFN3. The van der Waals surface area contributed by atoms with Crippen LogP contribution in [0.2, 0.25) is 5.02 Å². The van der Waals surface area contributed by atoms with Crippen LogP contribution < -0.4 is 5.32 Å². The van der Waals surface area contributed by atoms with Crippen molar-refractivity contribution in [3.05, 3.63) is 58.4 Å². The molecule has 106 valence electrons. The normalized spacial score (nSPS) is 11.1. The Morgan fingerprint density at radius 2 is 2.10 bits per heavy atom. The molecule has 0 unspecified atom stereocenters. The van der Waals surface area contributed by atoms with Crippen LogP contribution in [-0.4, -0.2) is 16.0 Å². The summed E-state index contributed by atoms with van der Waals surface area (Å²) in [5.74, 6) is 0.344. The molecule has 2 rings (SSSR count). The minimum atomic E-state index is -0.338. The molecule has 0 bridgehead atoms. The molecule has 20 heavy (non-hydrogen) atoms. The second-order valence-electron chi connectivity index (χ2n) is 4.91. The van der Waals surface area contributed by atoms with E-state index in [4.69, 9.17) is 11.6 Å². The first-order valence-corrected chi connectivity index (χ1v) is 6.90. The SMILES string of the molecule is CC(C)NCc1ccnc(Cc2ccc(F)cc2Cl)n1. The summed E-state index contributed by atoms with van der Waals surface area (Å²) in [5, 5.41) is 3.71. The van der Waals surface area contributed by atoms with Gasteiger partial charge in [-0.3, -0.25) is 0 Å². The molecule has 2 aromatic rings. The van der Waals surface area contributed by atoms with Gasteiger partial charge in [0.05, 0.1) is 5.69 Å². The van der Waals surface area contributed by atoms with Crippen LogP contribution in [0, 0.1) is 5.82 Å². The lowest BCUT2D eigenvalue weighted by Gasteiger charge is -2.08. The summed E-state index contributed by atoms with van der Waals surface area (Å²) in [6.45, 7) is 4.87. The molecule has 1 aromatic carbocycles. The molecule has 0 aliphatic carbocycles. The molecule has 0 saturated carbocycles. The van der Waals surface area contributed by atoms with E-state index in [-0.39, 0.29) is 5.82 Å². The van der Waals surface area contributed by atoms with Gasteiger partial charge in [-0.1, -0.05) is 31.5 Å². The minimum Gasteiger partial charge on any atom is -0.309 e. The number of hydrogen-bond acceptors (Lipinski definition) is 3. The Labute approximate surface area is 123 Å². The van der Waals surface area contributed by atoms with E-state index in [0.29, 0.717) is 29.9 Å². The Hall–Kier alpha value is -1.52. The third-order valence-corrected chi connectivity index (χ3v) is 3.17. The van der Waals surface area contributed by atoms with Crippen molar-refractivity contribution in [1.29, 1.82) is 0 Å². The van der Waals surface area contributed by atoms with Crippen molar-refractivity contribution in [3.63, 3.8) is 0 Å². The molecule has 1 aromatic heterocycles. The van der Waals surface area contributed by atoms with Crippen molar-refractivity contribution in [1.82, 2.24) is 15.3 Å². The molecule has 0 atom stereocenters. The van der Waals surface area contributed by atoms with E-state index in [9.17, 15) is 4.39 Å². The fourth-order valence-corrected chi connectivity index (χ4v) is 2.00. The Morgan fingerprint density at radius 3 is 2.80 bits per heavy atom. The highest BCUT2D eigenvalue weighted by Crippen LogP contribution is 2.19. The standard InChI is InChI=1S/C15H17ClFN3/c1-10(2)19-9-13-5-6-18-15(20-13)7-11-3-4-12(17)8-14(11)16/h3-6,8,10,19H,7,9H2,1-2H3. The van der Waals surface area contributed by atoms with Gasteiger partial charge in [-0.15, -0.1) is 0 Å². The Morgan fingerprint density at radius 1 is 1.30 bits per heavy atom. The van der Waals surface area contributed by atoms with Gasteiger partial charge in [0.25, 0.3) is 0 Å². The van der Waals surface area contributed by atoms with Crippen molar-refractivity contribution in [2.45, 2.75) is 32.9 Å². The van der Waals surface area contributed by atoms with Gasteiger partial charge in [0.15, 0.2) is 0 Å². The van der Waals surface area contributed by atoms with Gasteiger partial charge in [0.2, 0.25) is 0 Å². The lowest BCUT2D eigenvalue weighted by molar-refractivity contribution is 0.579. The van der Waals surface area contributed by atoms with E-state index >= 15 is 0 Å². The highest BCUT2D eigenvalue weighted by molar-refractivity contribution is 6.31. The van der Waals surface area contributed by atoms with Gasteiger partial charge in [-0.25, -0.2) is 14.4 Å². The van der Waals surface area contributed by atoms with Crippen LogP contribution in [0.15, 0.2) is 30.5 Å². The zero-order chi connectivity index (χ0) is 14.5. The highest BCUT2D eigenvalue weighted by atomic mass is 35.5. The Kier molecular flexibility index (Phi) is 5.04. The van der Waals surface area contributed by atoms with Crippen molar-refractivity contribution in [2.75, 3.05) is 0 Å². The van der Waals surface area contributed by atoms with Crippen LogP contribution in [0.25, 0.3) is 0 Å². The quantitative estimate of drug-likeness (QED) is 0.918. The smallest absolute Gasteiger partial charge is 0.133 e. The third-order valence-electron chi connectivity index (χ3n) is 2.82. The van der Waals surface area contributed by atoms with Crippen LogP contribution >= 0.6 is 11.6 Å². The summed E-state index contributed by atoms with van der Waals surface area (Å²) in [4.78, 5) is 8.71. The number of aromatic nitrogens is 2. The molecule has 0 saturated heterocycles. The maximum Gasteiger partial charge on any atom is 0.133 e. The van der Waals surface area contributed by atoms with E-state index < -0.39 is 0 Å². The predicted octanol–water partition coefficient (Wildman–Crippen LogP) is 3.36. The van der Waals surface area contributed by atoms with Crippen LogP contribution in [0.3, 0.4) is 0 Å². The molecule has 0 amide bonds. The Bertz CT molecular complexity index is 587. The molecular weight excluding hydrogens is 277 g/mol. The summed E-state index contributed by atoms with van der Waals surface area (Å²) in [6, 6.07) is 6.65. The molecule has 0 spiro atoms. The average molecular weight is 294 g/mol. The molecule has 1 heterocycles. The molecule has 5 heteroatoms. The lowest BCUT2D eigenvalue weighted by atomic mass is 10.1. The molecule has 0 aliphatic rings. The zero-order valence-corrected chi connectivity index (χ0v) is 12.3. The Balaban J connectivity index is 2.11. The first-order chi connectivity index (χ1) is 9.54. The van der Waals surface area contributed by atoms with Gasteiger partial charge in [0.1, 0.15) is 11.6 Å². The summed E-state index contributed by atoms with van der Waals surface area (Å²) >= 11 is 6.01. The van der Waals surface area contributed by atoms with Crippen molar-refractivity contribution in [2.24, 2.45) is 0 Å². The first-order valence-electron chi connectivity index (χ1n) is 6.52. The maximum atomic E-state index is 13.0. The third kappa shape index (κ3) is 4.25. The number of nitrogens with zero attached hydrogens (tertiary/aromatic N) is 2. The molecule has 1 N–H and O–H groups in total. The van der Waals surface area contributed by atoms with Crippen LogP contribution in [0.1, 0.15) is 30.9 Å². The monoisotopic (exact) mass is 293 g/mol. The van der Waals surface area contributed by atoms with Crippen LogP contribution in [0.4, 0.5) is 4.39 Å². The van der Waals surface area contributed by atoms with Gasteiger partial charge >= 0.3 is 0 Å². The van der Waals surface area contributed by atoms with Crippen molar-refractivity contribution >= 4 is 11.6 Å². The minimum absolute atomic E-state index is 0.338. The van der Waals surface area contributed by atoms with Crippen molar-refractivity contribution in [3.8, 4) is 0 Å². The van der Waals surface area contributed by atoms with E-state index in [1.165, 1.54) is 12.1 Å². The second kappa shape index (κ2) is 6.77. The van der Waals surface area contributed by atoms with Crippen LogP contribution in [0.5, 0.6) is 0 Å². The largest absolute Gasteiger partial charge is 0.309 e. The van der Waals surface area contributed by atoms with Crippen LogP contribution in [-0.2, 0) is 13.0 Å². The molecule has 0 fully saturated rings. The predicted molar refractivity (Wildman–Crippen MR) is 78.2 cm³/mol. The number of rotatable bonds is 5. The second-order valence-corrected chi connectivity index (χ2v) is 5.32. The van der Waals surface area contributed by atoms with Gasteiger partial charge < -0.3 is 5.32 Å². The van der Waals surface area contributed by atoms with E-state index in [1.807, 2.05) is 6.07 Å². The number of hydrogen-bond donors (Lipinski definition) is 1.